The Morgan fingerprint density at radius 2 is 1.80 bits per heavy atom. The largest absolute Gasteiger partial charge is 0.481 e. The lowest BCUT2D eigenvalue weighted by Crippen LogP contribution is -2.42. The number of rotatable bonds is 8. The molecule has 8 heteroatoms. The predicted octanol–water partition coefficient (Wildman–Crippen LogP) is 3.24. The normalized spacial score (nSPS) is 15.1. The Balaban J connectivity index is 1.56. The zero-order valence-electron chi connectivity index (χ0n) is 19.2. The molecule has 0 saturated carbocycles. The van der Waals surface area contributed by atoms with Gasteiger partial charge in [0.2, 0.25) is 5.91 Å². The highest BCUT2D eigenvalue weighted by Crippen LogP contribution is 2.26. The van der Waals surface area contributed by atoms with Crippen molar-refractivity contribution in [2.24, 2.45) is 5.73 Å². The number of nitrogens with one attached hydrogen (secondary N) is 2. The van der Waals surface area contributed by atoms with Crippen LogP contribution in [0.15, 0.2) is 72.8 Å². The molecule has 1 atom stereocenters. The van der Waals surface area contributed by atoms with E-state index in [9.17, 15) is 19.5 Å². The highest BCUT2D eigenvalue weighted by atomic mass is 16.4. The van der Waals surface area contributed by atoms with Crippen molar-refractivity contribution >= 4 is 29.2 Å². The number of carboxylic acids is 1. The second kappa shape index (κ2) is 10.8. The fourth-order valence-corrected chi connectivity index (χ4v) is 4.13. The molecule has 180 valence electrons. The lowest BCUT2D eigenvalue weighted by Gasteiger charge is -2.24. The fourth-order valence-electron chi connectivity index (χ4n) is 4.13. The molecule has 0 saturated heterocycles. The van der Waals surface area contributed by atoms with E-state index < -0.39 is 12.0 Å². The number of benzene rings is 3. The monoisotopic (exact) mass is 472 g/mol. The third-order valence-electron chi connectivity index (χ3n) is 5.99. The van der Waals surface area contributed by atoms with Crippen LogP contribution in [0.2, 0.25) is 0 Å². The van der Waals surface area contributed by atoms with Crippen LogP contribution in [0.1, 0.15) is 33.5 Å². The molecular weight excluding hydrogens is 444 g/mol. The van der Waals surface area contributed by atoms with Gasteiger partial charge in [-0.15, -0.1) is 0 Å². The van der Waals surface area contributed by atoms with Crippen LogP contribution in [-0.2, 0) is 29.1 Å². The maximum Gasteiger partial charge on any atom is 0.305 e. The van der Waals surface area contributed by atoms with Crippen molar-refractivity contribution in [1.29, 1.82) is 0 Å². The molecule has 1 heterocycles. The molecule has 0 radical (unpaired) electrons. The standard InChI is InChI=1S/C27H28N4O4/c28-16-19-7-4-8-22(13-19)29-26(34)20-9-10-21-17-31(12-11-18-5-2-1-3-6-18)27(35)24(15-25(32)33)30-23(21)14-20/h1-10,13-14,24,30H,11-12,15-17,28H2,(H,29,34)(H,32,33)/t24-/m1/s1. The summed E-state index contributed by atoms with van der Waals surface area (Å²) in [6.07, 6.45) is 0.298. The molecule has 0 fully saturated rings. The van der Waals surface area contributed by atoms with Crippen molar-refractivity contribution in [2.45, 2.75) is 32.0 Å². The molecule has 4 rings (SSSR count). The second-order valence-electron chi connectivity index (χ2n) is 8.52. The molecule has 0 aliphatic carbocycles. The minimum atomic E-state index is -1.07. The summed E-state index contributed by atoms with van der Waals surface area (Å²) in [5, 5.41) is 15.3. The number of carbonyl (C=O) groups is 3. The third-order valence-corrected chi connectivity index (χ3v) is 5.99. The first-order chi connectivity index (χ1) is 16.9. The number of carboxylic acid groups (broad SMARTS) is 1. The van der Waals surface area contributed by atoms with Gasteiger partial charge in [0.1, 0.15) is 6.04 Å². The molecule has 0 spiro atoms. The van der Waals surface area contributed by atoms with E-state index in [1.54, 1.807) is 29.2 Å². The lowest BCUT2D eigenvalue weighted by molar-refractivity contribution is -0.141. The van der Waals surface area contributed by atoms with E-state index >= 15 is 0 Å². The number of aliphatic carboxylic acids is 1. The van der Waals surface area contributed by atoms with Crippen LogP contribution in [0, 0.1) is 0 Å². The van der Waals surface area contributed by atoms with Crippen LogP contribution in [0.4, 0.5) is 11.4 Å². The molecular formula is C27H28N4O4. The summed E-state index contributed by atoms with van der Waals surface area (Å²) in [5.41, 5.74) is 10.1. The zero-order chi connectivity index (χ0) is 24.8. The van der Waals surface area contributed by atoms with E-state index in [1.807, 2.05) is 48.5 Å². The summed E-state index contributed by atoms with van der Waals surface area (Å²) in [6.45, 7) is 1.15. The summed E-state index contributed by atoms with van der Waals surface area (Å²) in [7, 11) is 0. The third kappa shape index (κ3) is 6.04. The van der Waals surface area contributed by atoms with Crippen molar-refractivity contribution in [3.05, 3.63) is 95.1 Å². The molecule has 1 aliphatic heterocycles. The highest BCUT2D eigenvalue weighted by Gasteiger charge is 2.31. The van der Waals surface area contributed by atoms with E-state index in [-0.39, 0.29) is 18.2 Å². The van der Waals surface area contributed by atoms with Gasteiger partial charge in [-0.1, -0.05) is 48.5 Å². The van der Waals surface area contributed by atoms with Gasteiger partial charge in [0, 0.05) is 36.6 Å². The smallest absolute Gasteiger partial charge is 0.305 e. The van der Waals surface area contributed by atoms with Gasteiger partial charge >= 0.3 is 5.97 Å². The number of nitrogens with zero attached hydrogens (tertiary/aromatic N) is 1. The van der Waals surface area contributed by atoms with Gasteiger partial charge in [0.25, 0.3) is 5.91 Å². The van der Waals surface area contributed by atoms with E-state index in [0.717, 1.165) is 16.7 Å². The Hall–Kier alpha value is -4.17. The average molecular weight is 473 g/mol. The van der Waals surface area contributed by atoms with Gasteiger partial charge in [-0.2, -0.15) is 0 Å². The Morgan fingerprint density at radius 3 is 2.54 bits per heavy atom. The molecule has 2 amide bonds. The Morgan fingerprint density at radius 1 is 1.03 bits per heavy atom. The molecule has 3 aromatic carbocycles. The van der Waals surface area contributed by atoms with Gasteiger partial charge in [0.15, 0.2) is 0 Å². The number of fused-ring (bicyclic) bond motifs is 1. The first-order valence-electron chi connectivity index (χ1n) is 11.5. The highest BCUT2D eigenvalue weighted by molar-refractivity contribution is 6.05. The minimum Gasteiger partial charge on any atom is -0.481 e. The Bertz CT molecular complexity index is 1230. The average Bonchev–Trinajstić information content (AvgIpc) is 2.99. The van der Waals surface area contributed by atoms with Crippen molar-refractivity contribution in [1.82, 2.24) is 4.90 Å². The topological polar surface area (TPSA) is 125 Å². The molecule has 0 unspecified atom stereocenters. The first kappa shape index (κ1) is 24.0. The summed E-state index contributed by atoms with van der Waals surface area (Å²) in [6, 6.07) is 21.4. The van der Waals surface area contributed by atoms with Gasteiger partial charge in [-0.25, -0.2) is 0 Å². The van der Waals surface area contributed by atoms with Crippen LogP contribution < -0.4 is 16.4 Å². The molecule has 8 nitrogen and oxygen atoms in total. The number of carbonyl (C=O) groups excluding carboxylic acids is 2. The fraction of sp³-hybridized carbons (Fsp3) is 0.222. The summed E-state index contributed by atoms with van der Waals surface area (Å²) < 4.78 is 0. The lowest BCUT2D eigenvalue weighted by atomic mass is 10.1. The van der Waals surface area contributed by atoms with Gasteiger partial charge in [-0.05, 0) is 47.4 Å². The number of anilines is 2. The maximum atomic E-state index is 13.2. The zero-order valence-corrected chi connectivity index (χ0v) is 19.2. The first-order valence-corrected chi connectivity index (χ1v) is 11.5. The van der Waals surface area contributed by atoms with Crippen LogP contribution >= 0.6 is 0 Å². The maximum absolute atomic E-state index is 13.2. The Kier molecular flexibility index (Phi) is 7.42. The number of amides is 2. The number of hydrogen-bond acceptors (Lipinski definition) is 5. The molecule has 0 bridgehead atoms. The Labute approximate surface area is 203 Å². The van der Waals surface area contributed by atoms with Gasteiger partial charge in [0.05, 0.1) is 6.42 Å². The SMILES string of the molecule is NCc1cccc(NC(=O)c2ccc3c(c2)N[C@H](CC(=O)O)C(=O)N(CCc2ccccc2)C3)c1. The molecule has 5 N–H and O–H groups in total. The van der Waals surface area contributed by atoms with Crippen LogP contribution in [0.5, 0.6) is 0 Å². The molecule has 3 aromatic rings. The van der Waals surface area contributed by atoms with E-state index in [1.165, 1.54) is 0 Å². The predicted molar refractivity (Wildman–Crippen MR) is 134 cm³/mol. The summed E-state index contributed by atoms with van der Waals surface area (Å²) in [4.78, 5) is 39.2. The molecule has 0 aromatic heterocycles. The van der Waals surface area contributed by atoms with Gasteiger partial charge in [-0.3, -0.25) is 14.4 Å². The van der Waals surface area contributed by atoms with Crippen LogP contribution in [0.3, 0.4) is 0 Å². The van der Waals surface area contributed by atoms with E-state index in [2.05, 4.69) is 10.6 Å². The van der Waals surface area contributed by atoms with Crippen LogP contribution in [-0.4, -0.2) is 40.4 Å². The van der Waals surface area contributed by atoms with E-state index in [0.29, 0.717) is 43.0 Å². The molecule has 1 aliphatic rings. The van der Waals surface area contributed by atoms with Crippen molar-refractivity contribution in [3.8, 4) is 0 Å². The minimum absolute atomic E-state index is 0.274. The van der Waals surface area contributed by atoms with E-state index in [4.69, 9.17) is 5.73 Å². The number of nitrogens with two attached hydrogens (primary N) is 1. The summed E-state index contributed by atoms with van der Waals surface area (Å²) >= 11 is 0. The van der Waals surface area contributed by atoms with Crippen molar-refractivity contribution in [3.63, 3.8) is 0 Å². The van der Waals surface area contributed by atoms with Crippen molar-refractivity contribution < 1.29 is 19.5 Å². The second-order valence-corrected chi connectivity index (χ2v) is 8.52. The quantitative estimate of drug-likeness (QED) is 0.399. The molecule has 35 heavy (non-hydrogen) atoms. The summed E-state index contributed by atoms with van der Waals surface area (Å²) in [5.74, 6) is -1.66. The number of hydrogen-bond donors (Lipinski definition) is 4. The van der Waals surface area contributed by atoms with Crippen LogP contribution in [0.25, 0.3) is 0 Å². The van der Waals surface area contributed by atoms with Gasteiger partial charge < -0.3 is 26.4 Å². The van der Waals surface area contributed by atoms with Crippen molar-refractivity contribution in [2.75, 3.05) is 17.2 Å².